The van der Waals surface area contributed by atoms with E-state index in [2.05, 4.69) is 4.98 Å². The molecule has 1 aromatic heterocycles. The summed E-state index contributed by atoms with van der Waals surface area (Å²) in [5.41, 5.74) is -0.0350. The number of hydrogen-bond acceptors (Lipinski definition) is 4. The first-order chi connectivity index (χ1) is 15.2. The lowest BCUT2D eigenvalue weighted by Crippen LogP contribution is -2.32. The number of amides is 1. The molecule has 4 rings (SSSR count). The zero-order chi connectivity index (χ0) is 23.2. The van der Waals surface area contributed by atoms with Crippen molar-refractivity contribution in [2.24, 2.45) is 5.92 Å². The quantitative estimate of drug-likeness (QED) is 0.648. The molecule has 9 heteroatoms. The molecule has 2 heterocycles. The lowest BCUT2D eigenvalue weighted by Gasteiger charge is -2.22. The van der Waals surface area contributed by atoms with Crippen LogP contribution in [-0.4, -0.2) is 43.0 Å². The van der Waals surface area contributed by atoms with Gasteiger partial charge in [-0.05, 0) is 24.6 Å². The molecular weight excluding hydrogens is 438 g/mol. The first kappa shape index (κ1) is 21.8. The molecule has 3 aromatic rings. The van der Waals surface area contributed by atoms with E-state index in [0.717, 1.165) is 6.07 Å². The molecule has 6 nitrogen and oxygen atoms in total. The van der Waals surface area contributed by atoms with Gasteiger partial charge < -0.3 is 14.8 Å². The number of nitrogens with one attached hydrogen (secondary N) is 1. The Labute approximate surface area is 187 Å². The van der Waals surface area contributed by atoms with Crippen LogP contribution in [0.25, 0.3) is 22.2 Å². The highest BCUT2D eigenvalue weighted by atomic mass is 35.5. The topological polar surface area (TPSA) is 80.2 Å². The van der Waals surface area contributed by atoms with Gasteiger partial charge in [-0.25, -0.2) is 8.78 Å². The van der Waals surface area contributed by atoms with E-state index in [1.807, 2.05) is 6.07 Å². The van der Waals surface area contributed by atoms with Crippen molar-refractivity contribution >= 4 is 34.1 Å². The summed E-state index contributed by atoms with van der Waals surface area (Å²) in [6.45, 7) is 0.471. The van der Waals surface area contributed by atoms with E-state index in [4.69, 9.17) is 16.9 Å². The summed E-state index contributed by atoms with van der Waals surface area (Å²) in [6, 6.07) is 8.77. The van der Waals surface area contributed by atoms with Gasteiger partial charge in [0.2, 0.25) is 5.91 Å². The molecule has 32 heavy (non-hydrogen) atoms. The number of fused-ring (bicyclic) bond motifs is 1. The van der Waals surface area contributed by atoms with E-state index < -0.39 is 17.1 Å². The molecule has 1 fully saturated rings. The molecule has 0 unspecified atom stereocenters. The lowest BCUT2D eigenvalue weighted by molar-refractivity contribution is -0.132. The van der Waals surface area contributed by atoms with E-state index in [0.29, 0.717) is 24.1 Å². The van der Waals surface area contributed by atoms with E-state index in [1.165, 1.54) is 34.1 Å². The van der Waals surface area contributed by atoms with Crippen molar-refractivity contribution in [3.05, 3.63) is 62.8 Å². The zero-order valence-corrected chi connectivity index (χ0v) is 18.1. The highest BCUT2D eigenvalue weighted by Gasteiger charge is 2.33. The van der Waals surface area contributed by atoms with Gasteiger partial charge in [0.05, 0.1) is 34.1 Å². The number of aromatic nitrogens is 1. The minimum absolute atomic E-state index is 0.0233. The summed E-state index contributed by atoms with van der Waals surface area (Å²) < 4.78 is 30.4. The summed E-state index contributed by atoms with van der Waals surface area (Å²) in [7, 11) is 3.27. The Morgan fingerprint density at radius 3 is 2.72 bits per heavy atom. The fourth-order valence-corrected chi connectivity index (χ4v) is 4.32. The van der Waals surface area contributed by atoms with Crippen molar-refractivity contribution in [2.75, 3.05) is 32.1 Å². The standard InChI is InChI=1S/C23H19ClF2N4O2/c1-29(2)23(32)13-5-6-30(11-13)22-16(25)8-18-20(21(22)26)19(31)9-17(28-18)14-7-12(10-27)3-4-15(14)24/h3-4,7-9,13H,5-6,11H2,1-2H3,(H,28,31)/t13-/m1/s1. The number of pyridine rings is 1. The Morgan fingerprint density at radius 2 is 2.03 bits per heavy atom. The molecule has 1 amide bonds. The Morgan fingerprint density at radius 1 is 1.28 bits per heavy atom. The summed E-state index contributed by atoms with van der Waals surface area (Å²) >= 11 is 6.21. The molecule has 0 aliphatic carbocycles. The van der Waals surface area contributed by atoms with Crippen LogP contribution in [0.4, 0.5) is 14.5 Å². The SMILES string of the molecule is CN(C)C(=O)[C@@H]1CCN(c2c(F)cc3[nH]c(-c4cc(C#N)ccc4Cl)cc(=O)c3c2F)C1. The van der Waals surface area contributed by atoms with Crippen molar-refractivity contribution in [3.8, 4) is 17.3 Å². The van der Waals surface area contributed by atoms with Crippen LogP contribution >= 0.6 is 11.6 Å². The monoisotopic (exact) mass is 456 g/mol. The van der Waals surface area contributed by atoms with E-state index >= 15 is 8.78 Å². The van der Waals surface area contributed by atoms with Crippen LogP contribution in [0.3, 0.4) is 0 Å². The molecule has 1 aliphatic rings. The summed E-state index contributed by atoms with van der Waals surface area (Å²) in [5.74, 6) is -2.27. The number of halogens is 3. The van der Waals surface area contributed by atoms with Gasteiger partial charge in [-0.3, -0.25) is 9.59 Å². The second kappa shape index (κ2) is 8.24. The molecule has 1 aliphatic heterocycles. The minimum Gasteiger partial charge on any atom is -0.366 e. The van der Waals surface area contributed by atoms with Gasteiger partial charge in [-0.1, -0.05) is 11.6 Å². The van der Waals surface area contributed by atoms with Crippen molar-refractivity contribution in [2.45, 2.75) is 6.42 Å². The highest BCUT2D eigenvalue weighted by Crippen LogP contribution is 2.34. The molecule has 2 aromatic carbocycles. The Hall–Kier alpha value is -3.44. The Kier molecular flexibility index (Phi) is 5.61. The maximum absolute atomic E-state index is 15.4. The van der Waals surface area contributed by atoms with Crippen LogP contribution in [0.2, 0.25) is 5.02 Å². The minimum atomic E-state index is -0.970. The Bertz CT molecular complexity index is 1350. The number of nitriles is 1. The predicted molar refractivity (Wildman–Crippen MR) is 119 cm³/mol. The molecule has 164 valence electrons. The smallest absolute Gasteiger partial charge is 0.227 e. The van der Waals surface area contributed by atoms with E-state index in [1.54, 1.807) is 14.1 Å². The number of carbonyl (C=O) groups excluding carboxylic acids is 1. The van der Waals surface area contributed by atoms with Gasteiger partial charge in [0.15, 0.2) is 17.1 Å². The van der Waals surface area contributed by atoms with Crippen LogP contribution < -0.4 is 10.3 Å². The lowest BCUT2D eigenvalue weighted by atomic mass is 10.1. The number of nitrogens with zero attached hydrogens (tertiary/aromatic N) is 3. The van der Waals surface area contributed by atoms with Gasteiger partial charge in [-0.2, -0.15) is 5.26 Å². The number of rotatable bonds is 3. The number of anilines is 1. The molecule has 0 saturated carbocycles. The second-order valence-electron chi connectivity index (χ2n) is 7.96. The molecular formula is C23H19ClF2N4O2. The van der Waals surface area contributed by atoms with E-state index in [9.17, 15) is 9.59 Å². The molecule has 1 saturated heterocycles. The third kappa shape index (κ3) is 3.69. The van der Waals surface area contributed by atoms with E-state index in [-0.39, 0.29) is 45.7 Å². The van der Waals surface area contributed by atoms with Crippen LogP contribution in [0.1, 0.15) is 12.0 Å². The van der Waals surface area contributed by atoms with Crippen LogP contribution in [0, 0.1) is 28.9 Å². The number of carbonyl (C=O) groups is 1. The predicted octanol–water partition coefficient (Wildman–Crippen LogP) is 3.91. The second-order valence-corrected chi connectivity index (χ2v) is 8.37. The molecule has 0 radical (unpaired) electrons. The summed E-state index contributed by atoms with van der Waals surface area (Å²) in [4.78, 5) is 30.9. The summed E-state index contributed by atoms with van der Waals surface area (Å²) in [6.07, 6.45) is 0.469. The van der Waals surface area contributed by atoms with Crippen molar-refractivity contribution in [1.29, 1.82) is 5.26 Å². The van der Waals surface area contributed by atoms with Crippen molar-refractivity contribution < 1.29 is 13.6 Å². The largest absolute Gasteiger partial charge is 0.366 e. The number of hydrogen-bond donors (Lipinski definition) is 1. The highest BCUT2D eigenvalue weighted by molar-refractivity contribution is 6.33. The third-order valence-corrected chi connectivity index (χ3v) is 5.99. The maximum atomic E-state index is 15.4. The number of H-pyrrole nitrogens is 1. The van der Waals surface area contributed by atoms with Crippen molar-refractivity contribution in [3.63, 3.8) is 0 Å². The Balaban J connectivity index is 1.80. The molecule has 1 atom stereocenters. The average Bonchev–Trinajstić information content (AvgIpc) is 3.22. The average molecular weight is 457 g/mol. The first-order valence-electron chi connectivity index (χ1n) is 9.92. The first-order valence-corrected chi connectivity index (χ1v) is 10.3. The normalized spacial score (nSPS) is 15.8. The summed E-state index contributed by atoms with van der Waals surface area (Å²) in [5, 5.41) is 9.13. The van der Waals surface area contributed by atoms with Crippen LogP contribution in [-0.2, 0) is 4.79 Å². The fraction of sp³-hybridized carbons (Fsp3) is 0.261. The fourth-order valence-electron chi connectivity index (χ4n) is 4.10. The number of benzene rings is 2. The van der Waals surface area contributed by atoms with Gasteiger partial charge in [-0.15, -0.1) is 0 Å². The zero-order valence-electron chi connectivity index (χ0n) is 17.4. The van der Waals surface area contributed by atoms with Crippen LogP contribution in [0.15, 0.2) is 35.1 Å². The number of aromatic amines is 1. The molecule has 0 bridgehead atoms. The maximum Gasteiger partial charge on any atom is 0.227 e. The van der Waals surface area contributed by atoms with Gasteiger partial charge in [0.25, 0.3) is 0 Å². The van der Waals surface area contributed by atoms with Gasteiger partial charge >= 0.3 is 0 Å². The van der Waals surface area contributed by atoms with Gasteiger partial charge in [0.1, 0.15) is 5.69 Å². The van der Waals surface area contributed by atoms with Gasteiger partial charge in [0, 0.05) is 49.9 Å². The molecule has 1 N–H and O–H groups in total. The van der Waals surface area contributed by atoms with Crippen LogP contribution in [0.5, 0.6) is 0 Å². The molecule has 0 spiro atoms. The van der Waals surface area contributed by atoms with Crippen molar-refractivity contribution in [1.82, 2.24) is 9.88 Å². The third-order valence-electron chi connectivity index (χ3n) is 5.67.